The van der Waals surface area contributed by atoms with Gasteiger partial charge in [-0.15, -0.1) is 0 Å². The first-order chi connectivity index (χ1) is 9.36. The zero-order chi connectivity index (χ0) is 14.9. The van der Waals surface area contributed by atoms with Crippen LogP contribution in [0.15, 0.2) is 30.5 Å². The van der Waals surface area contributed by atoms with Crippen molar-refractivity contribution < 1.29 is 27.8 Å². The number of carboxylic acids is 1. The number of benzene rings is 1. The summed E-state index contributed by atoms with van der Waals surface area (Å²) in [6, 6.07) is 5.89. The smallest absolute Gasteiger partial charge is 0.434 e. The van der Waals surface area contributed by atoms with Gasteiger partial charge in [-0.2, -0.15) is 18.3 Å². The molecule has 0 spiro atoms. The Morgan fingerprint density at radius 2 is 2.00 bits per heavy atom. The third-order valence-electron chi connectivity index (χ3n) is 2.58. The fraction of sp³-hybridized carbons (Fsp3) is 0.167. The minimum Gasteiger partial charge on any atom is -0.494 e. The highest BCUT2D eigenvalue weighted by atomic mass is 19.4. The van der Waals surface area contributed by atoms with E-state index in [-0.39, 0.29) is 11.4 Å². The van der Waals surface area contributed by atoms with Crippen molar-refractivity contribution in [2.24, 2.45) is 0 Å². The molecule has 0 fully saturated rings. The van der Waals surface area contributed by atoms with E-state index in [1.54, 1.807) is 6.07 Å². The molecule has 1 heterocycles. The molecule has 1 aromatic heterocycles. The van der Waals surface area contributed by atoms with E-state index in [4.69, 9.17) is 9.84 Å². The molecular formula is C12H9F3N2O3. The van der Waals surface area contributed by atoms with Gasteiger partial charge < -0.3 is 9.84 Å². The number of aromatic carboxylic acids is 1. The van der Waals surface area contributed by atoms with Gasteiger partial charge in [0, 0.05) is 0 Å². The minimum atomic E-state index is -4.86. The van der Waals surface area contributed by atoms with E-state index in [0.29, 0.717) is 10.9 Å². The molecule has 106 valence electrons. The molecular weight excluding hydrogens is 277 g/mol. The number of ether oxygens (including phenoxy) is 1. The number of rotatable bonds is 3. The van der Waals surface area contributed by atoms with Crippen molar-refractivity contribution in [3.05, 3.63) is 41.7 Å². The Kier molecular flexibility index (Phi) is 3.39. The van der Waals surface area contributed by atoms with Crippen LogP contribution in [0.1, 0.15) is 16.1 Å². The van der Waals surface area contributed by atoms with Gasteiger partial charge in [-0.3, -0.25) is 0 Å². The first-order valence-corrected chi connectivity index (χ1v) is 5.38. The average molecular weight is 286 g/mol. The van der Waals surface area contributed by atoms with E-state index in [1.165, 1.54) is 25.3 Å². The molecule has 20 heavy (non-hydrogen) atoms. The standard InChI is InChI=1S/C12H9F3N2O3/c1-20-9-5-3-2-4-8(9)17-10(12(13,14)15)7(6-16-17)11(18)19/h2-6H,1H3,(H,18,19). The number of alkyl halides is 3. The van der Waals surface area contributed by atoms with Crippen LogP contribution in [-0.2, 0) is 6.18 Å². The van der Waals surface area contributed by atoms with E-state index >= 15 is 0 Å². The maximum atomic E-state index is 13.1. The van der Waals surface area contributed by atoms with E-state index < -0.39 is 23.4 Å². The Morgan fingerprint density at radius 3 is 2.55 bits per heavy atom. The second-order valence-corrected chi connectivity index (χ2v) is 3.79. The highest BCUT2D eigenvalue weighted by Gasteiger charge is 2.41. The molecule has 0 saturated heterocycles. The molecule has 8 heteroatoms. The summed E-state index contributed by atoms with van der Waals surface area (Å²) in [6.45, 7) is 0. The molecule has 0 bridgehead atoms. The van der Waals surface area contributed by atoms with Gasteiger partial charge in [0.25, 0.3) is 0 Å². The van der Waals surface area contributed by atoms with Gasteiger partial charge in [0.15, 0.2) is 5.69 Å². The summed E-state index contributed by atoms with van der Waals surface area (Å²) in [6.07, 6.45) is -4.19. The first kappa shape index (κ1) is 13.9. The monoisotopic (exact) mass is 286 g/mol. The largest absolute Gasteiger partial charge is 0.494 e. The number of hydrogen-bond donors (Lipinski definition) is 1. The normalized spacial score (nSPS) is 11.4. The zero-order valence-electron chi connectivity index (χ0n) is 10.2. The van der Waals surface area contributed by atoms with Crippen LogP contribution in [0.4, 0.5) is 13.2 Å². The summed E-state index contributed by atoms with van der Waals surface area (Å²) in [4.78, 5) is 10.9. The fourth-order valence-electron chi connectivity index (χ4n) is 1.77. The van der Waals surface area contributed by atoms with Crippen molar-refractivity contribution in [3.63, 3.8) is 0 Å². The number of carbonyl (C=O) groups is 1. The second kappa shape index (κ2) is 4.87. The molecule has 1 aromatic carbocycles. The molecule has 0 amide bonds. The van der Waals surface area contributed by atoms with Crippen LogP contribution in [-0.4, -0.2) is 28.0 Å². The van der Waals surface area contributed by atoms with Crippen LogP contribution in [0.25, 0.3) is 5.69 Å². The van der Waals surface area contributed by atoms with Crippen LogP contribution in [0, 0.1) is 0 Å². The van der Waals surface area contributed by atoms with Crippen molar-refractivity contribution in [1.29, 1.82) is 0 Å². The number of nitrogens with zero attached hydrogens (tertiary/aromatic N) is 2. The molecule has 0 unspecified atom stereocenters. The summed E-state index contributed by atoms with van der Waals surface area (Å²) in [5.41, 5.74) is -2.26. The fourth-order valence-corrected chi connectivity index (χ4v) is 1.77. The highest BCUT2D eigenvalue weighted by Crippen LogP contribution is 2.35. The number of carboxylic acid groups (broad SMARTS) is 1. The third kappa shape index (κ3) is 2.31. The van der Waals surface area contributed by atoms with E-state index in [0.717, 1.165) is 0 Å². The number of aromatic nitrogens is 2. The van der Waals surface area contributed by atoms with E-state index in [1.807, 2.05) is 0 Å². The van der Waals surface area contributed by atoms with Crippen molar-refractivity contribution in [1.82, 2.24) is 9.78 Å². The summed E-state index contributed by atoms with van der Waals surface area (Å²) in [5.74, 6) is -1.54. The lowest BCUT2D eigenvalue weighted by molar-refractivity contribution is -0.143. The Balaban J connectivity index is 2.72. The van der Waals surface area contributed by atoms with Crippen LogP contribution in [0.3, 0.4) is 0 Å². The molecule has 0 radical (unpaired) electrons. The molecule has 0 aliphatic carbocycles. The number of methoxy groups -OCH3 is 1. The van der Waals surface area contributed by atoms with Crippen molar-refractivity contribution in [2.75, 3.05) is 7.11 Å². The van der Waals surface area contributed by atoms with Gasteiger partial charge in [0.2, 0.25) is 0 Å². The lowest BCUT2D eigenvalue weighted by Crippen LogP contribution is -2.17. The van der Waals surface area contributed by atoms with Gasteiger partial charge in [0.05, 0.1) is 13.3 Å². The predicted octanol–water partition coefficient (Wildman–Crippen LogP) is 2.60. The summed E-state index contributed by atoms with van der Waals surface area (Å²) < 4.78 is 44.7. The maximum Gasteiger partial charge on any atom is 0.434 e. The lowest BCUT2D eigenvalue weighted by atomic mass is 10.2. The molecule has 2 aromatic rings. The maximum absolute atomic E-state index is 13.1. The number of halogens is 3. The Bertz CT molecular complexity index is 650. The third-order valence-corrected chi connectivity index (χ3v) is 2.58. The zero-order valence-corrected chi connectivity index (χ0v) is 10.2. The summed E-state index contributed by atoms with van der Waals surface area (Å²) in [5, 5.41) is 12.3. The predicted molar refractivity (Wildman–Crippen MR) is 62.1 cm³/mol. The van der Waals surface area contributed by atoms with Crippen LogP contribution in [0.5, 0.6) is 5.75 Å². The van der Waals surface area contributed by atoms with E-state index in [2.05, 4.69) is 5.10 Å². The highest BCUT2D eigenvalue weighted by molar-refractivity contribution is 5.89. The van der Waals surface area contributed by atoms with Crippen molar-refractivity contribution in [3.8, 4) is 11.4 Å². The molecule has 5 nitrogen and oxygen atoms in total. The van der Waals surface area contributed by atoms with Crippen LogP contribution in [0.2, 0.25) is 0 Å². The Morgan fingerprint density at radius 1 is 1.35 bits per heavy atom. The quantitative estimate of drug-likeness (QED) is 0.942. The molecule has 2 rings (SSSR count). The SMILES string of the molecule is COc1ccccc1-n1ncc(C(=O)O)c1C(F)(F)F. The minimum absolute atomic E-state index is 0.00910. The van der Waals surface area contributed by atoms with Crippen molar-refractivity contribution in [2.45, 2.75) is 6.18 Å². The van der Waals surface area contributed by atoms with Crippen LogP contribution < -0.4 is 4.74 Å². The Hall–Kier alpha value is -2.51. The van der Waals surface area contributed by atoms with Gasteiger partial charge >= 0.3 is 12.1 Å². The molecule has 0 aliphatic heterocycles. The number of hydrogen-bond acceptors (Lipinski definition) is 3. The average Bonchev–Trinajstić information content (AvgIpc) is 2.83. The first-order valence-electron chi connectivity index (χ1n) is 5.38. The summed E-state index contributed by atoms with van der Waals surface area (Å²) in [7, 11) is 1.30. The molecule has 1 N–H and O–H groups in total. The Labute approximate surface area is 111 Å². The topological polar surface area (TPSA) is 64.4 Å². The van der Waals surface area contributed by atoms with Gasteiger partial charge in [-0.1, -0.05) is 12.1 Å². The molecule has 0 atom stereocenters. The van der Waals surface area contributed by atoms with Crippen molar-refractivity contribution >= 4 is 5.97 Å². The van der Waals surface area contributed by atoms with E-state index in [9.17, 15) is 18.0 Å². The molecule has 0 saturated carbocycles. The number of para-hydroxylation sites is 2. The van der Waals surface area contributed by atoms with Gasteiger partial charge in [0.1, 0.15) is 17.0 Å². The van der Waals surface area contributed by atoms with Crippen LogP contribution >= 0.6 is 0 Å². The van der Waals surface area contributed by atoms with Gasteiger partial charge in [-0.25, -0.2) is 9.48 Å². The molecule has 0 aliphatic rings. The summed E-state index contributed by atoms with van der Waals surface area (Å²) >= 11 is 0. The second-order valence-electron chi connectivity index (χ2n) is 3.79. The van der Waals surface area contributed by atoms with Gasteiger partial charge in [-0.05, 0) is 12.1 Å². The lowest BCUT2D eigenvalue weighted by Gasteiger charge is -2.13.